The van der Waals surface area contributed by atoms with Crippen LogP contribution in [-0.2, 0) is 29.0 Å². The van der Waals surface area contributed by atoms with E-state index in [2.05, 4.69) is 57.4 Å². The summed E-state index contributed by atoms with van der Waals surface area (Å²) in [6.07, 6.45) is 3.35. The van der Waals surface area contributed by atoms with Gasteiger partial charge in [-0.2, -0.15) is 0 Å². The molecule has 0 radical (unpaired) electrons. The van der Waals surface area contributed by atoms with Gasteiger partial charge in [-0.15, -0.1) is 11.3 Å². The Morgan fingerprint density at radius 1 is 1.15 bits per heavy atom. The normalized spacial score (nSPS) is 15.7. The van der Waals surface area contributed by atoms with Gasteiger partial charge in [0.05, 0.1) is 12.7 Å². The molecule has 0 aliphatic carbocycles. The molecule has 3 rings (SSSR count). The van der Waals surface area contributed by atoms with Crippen molar-refractivity contribution in [2.75, 3.05) is 26.8 Å². The van der Waals surface area contributed by atoms with Crippen LogP contribution in [0, 0.1) is 0 Å². The second kappa shape index (κ2) is 11.1. The zero-order valence-electron chi connectivity index (χ0n) is 15.9. The summed E-state index contributed by atoms with van der Waals surface area (Å²) in [7, 11) is 1.80. The first-order valence-electron chi connectivity index (χ1n) is 9.57. The lowest BCUT2D eigenvalue weighted by Gasteiger charge is -2.22. The number of rotatable bonds is 8. The Bertz CT molecular complexity index is 680. The number of benzene rings is 1. The lowest BCUT2D eigenvalue weighted by Crippen LogP contribution is -2.37. The third-order valence-electron chi connectivity index (χ3n) is 4.60. The van der Waals surface area contributed by atoms with Gasteiger partial charge in [-0.3, -0.25) is 4.99 Å². The molecule has 2 N–H and O–H groups in total. The number of guanidine groups is 1. The summed E-state index contributed by atoms with van der Waals surface area (Å²) in [6.45, 7) is 3.93. The predicted molar refractivity (Wildman–Crippen MR) is 111 cm³/mol. The van der Waals surface area contributed by atoms with E-state index in [1.807, 2.05) is 0 Å². The molecule has 1 aliphatic heterocycles. The van der Waals surface area contributed by atoms with Crippen LogP contribution in [0.5, 0.6) is 0 Å². The molecule has 2 aromatic rings. The Morgan fingerprint density at radius 2 is 1.93 bits per heavy atom. The maximum Gasteiger partial charge on any atom is 0.191 e. The molecule has 6 heteroatoms. The number of hydrogen-bond donors (Lipinski definition) is 2. The smallest absolute Gasteiger partial charge is 0.191 e. The molecule has 1 saturated heterocycles. The highest BCUT2D eigenvalue weighted by atomic mass is 32.1. The molecule has 0 amide bonds. The van der Waals surface area contributed by atoms with Crippen molar-refractivity contribution in [2.24, 2.45) is 4.99 Å². The fourth-order valence-electron chi connectivity index (χ4n) is 2.98. The van der Waals surface area contributed by atoms with Gasteiger partial charge < -0.3 is 20.1 Å². The molecule has 1 fully saturated rings. The van der Waals surface area contributed by atoms with Crippen LogP contribution in [0.4, 0.5) is 0 Å². The fraction of sp³-hybridized carbons (Fsp3) is 0.476. The summed E-state index contributed by atoms with van der Waals surface area (Å²) in [5, 5.41) is 8.84. The van der Waals surface area contributed by atoms with Crippen molar-refractivity contribution in [1.29, 1.82) is 0 Å². The van der Waals surface area contributed by atoms with Gasteiger partial charge >= 0.3 is 0 Å². The molecule has 0 bridgehead atoms. The number of nitrogens with one attached hydrogen (secondary N) is 2. The zero-order valence-corrected chi connectivity index (χ0v) is 16.8. The van der Waals surface area contributed by atoms with E-state index in [-0.39, 0.29) is 0 Å². The third-order valence-corrected chi connectivity index (χ3v) is 5.54. The van der Waals surface area contributed by atoms with Crippen LogP contribution >= 0.6 is 11.3 Å². The van der Waals surface area contributed by atoms with E-state index in [4.69, 9.17) is 9.47 Å². The summed E-state index contributed by atoms with van der Waals surface area (Å²) in [5.41, 5.74) is 2.44. The zero-order chi connectivity index (χ0) is 18.7. The Morgan fingerprint density at radius 3 is 2.63 bits per heavy atom. The Hall–Kier alpha value is -1.89. The van der Waals surface area contributed by atoms with Gasteiger partial charge in [-0.05, 0) is 41.8 Å². The summed E-state index contributed by atoms with van der Waals surface area (Å²) in [6, 6.07) is 12.8. The van der Waals surface area contributed by atoms with Gasteiger partial charge in [-0.1, -0.05) is 30.3 Å². The lowest BCUT2D eigenvalue weighted by molar-refractivity contribution is -0.0390. The van der Waals surface area contributed by atoms with Gasteiger partial charge in [0.15, 0.2) is 5.96 Å². The number of aliphatic imine (C=N–C) groups is 1. The summed E-state index contributed by atoms with van der Waals surface area (Å²) < 4.78 is 11.3. The molecule has 1 aromatic carbocycles. The van der Waals surface area contributed by atoms with Crippen LogP contribution < -0.4 is 10.6 Å². The van der Waals surface area contributed by atoms with Gasteiger partial charge in [-0.25, -0.2) is 0 Å². The summed E-state index contributed by atoms with van der Waals surface area (Å²) in [4.78, 5) is 5.67. The summed E-state index contributed by atoms with van der Waals surface area (Å²) >= 11 is 1.79. The number of hydrogen-bond acceptors (Lipinski definition) is 4. The van der Waals surface area contributed by atoms with Crippen LogP contribution in [0.3, 0.4) is 0 Å². The van der Waals surface area contributed by atoms with Crippen molar-refractivity contribution in [1.82, 2.24) is 10.6 Å². The Balaban J connectivity index is 1.36. The topological polar surface area (TPSA) is 54.9 Å². The van der Waals surface area contributed by atoms with Crippen LogP contribution in [0.1, 0.15) is 28.8 Å². The van der Waals surface area contributed by atoms with Crippen molar-refractivity contribution in [3.05, 3.63) is 57.8 Å². The SMILES string of the molecule is CN=C(NCCc1cccs1)NCc1ccc(COC2CCOCC2)cc1. The molecule has 146 valence electrons. The molecular weight excluding hydrogens is 358 g/mol. The van der Waals surface area contributed by atoms with Crippen LogP contribution in [0.25, 0.3) is 0 Å². The monoisotopic (exact) mass is 387 g/mol. The van der Waals surface area contributed by atoms with Gasteiger partial charge in [0.25, 0.3) is 0 Å². The van der Waals surface area contributed by atoms with Crippen molar-refractivity contribution in [2.45, 2.75) is 38.5 Å². The number of nitrogens with zero attached hydrogens (tertiary/aromatic N) is 1. The average Bonchev–Trinajstić information content (AvgIpc) is 3.24. The van der Waals surface area contributed by atoms with Crippen molar-refractivity contribution < 1.29 is 9.47 Å². The highest BCUT2D eigenvalue weighted by molar-refractivity contribution is 7.09. The molecule has 27 heavy (non-hydrogen) atoms. The first-order chi connectivity index (χ1) is 13.3. The van der Waals surface area contributed by atoms with Crippen LogP contribution in [0.2, 0.25) is 0 Å². The van der Waals surface area contributed by atoms with Crippen LogP contribution in [-0.4, -0.2) is 38.9 Å². The molecular formula is C21H29N3O2S. The fourth-order valence-corrected chi connectivity index (χ4v) is 3.68. The minimum atomic E-state index is 0.337. The van der Waals surface area contributed by atoms with Crippen molar-refractivity contribution in [3.8, 4) is 0 Å². The average molecular weight is 388 g/mol. The highest BCUT2D eigenvalue weighted by Crippen LogP contribution is 2.14. The standard InChI is InChI=1S/C21H29N3O2S/c1-22-21(23-11-8-20-3-2-14-27-20)24-15-17-4-6-18(7-5-17)16-26-19-9-12-25-13-10-19/h2-7,14,19H,8-13,15-16H2,1H3,(H2,22,23,24). The minimum absolute atomic E-state index is 0.337. The molecule has 0 spiro atoms. The van der Waals surface area contributed by atoms with E-state index >= 15 is 0 Å². The molecule has 1 aromatic heterocycles. The van der Waals surface area contributed by atoms with E-state index in [0.717, 1.165) is 51.5 Å². The van der Waals surface area contributed by atoms with Gasteiger partial charge in [0.2, 0.25) is 0 Å². The Kier molecular flexibility index (Phi) is 8.14. The quantitative estimate of drug-likeness (QED) is 0.539. The first kappa shape index (κ1) is 19.9. The summed E-state index contributed by atoms with van der Waals surface area (Å²) in [5.74, 6) is 0.832. The maximum absolute atomic E-state index is 5.98. The van der Waals surface area contributed by atoms with Gasteiger partial charge in [0.1, 0.15) is 0 Å². The van der Waals surface area contributed by atoms with Crippen molar-refractivity contribution >= 4 is 17.3 Å². The second-order valence-corrected chi connectivity index (χ2v) is 7.65. The van der Waals surface area contributed by atoms with Crippen LogP contribution in [0.15, 0.2) is 46.8 Å². The highest BCUT2D eigenvalue weighted by Gasteiger charge is 2.13. The van der Waals surface area contributed by atoms with Gasteiger partial charge in [0, 0.05) is 38.2 Å². The third kappa shape index (κ3) is 6.97. The Labute approximate surface area is 165 Å². The van der Waals surface area contributed by atoms with E-state index < -0.39 is 0 Å². The maximum atomic E-state index is 5.98. The molecule has 2 heterocycles. The second-order valence-electron chi connectivity index (χ2n) is 6.62. The predicted octanol–water partition coefficient (Wildman–Crippen LogP) is 3.35. The molecule has 1 aliphatic rings. The molecule has 5 nitrogen and oxygen atoms in total. The van der Waals surface area contributed by atoms with Crippen molar-refractivity contribution in [3.63, 3.8) is 0 Å². The number of ether oxygens (including phenoxy) is 2. The first-order valence-corrected chi connectivity index (χ1v) is 10.5. The van der Waals surface area contributed by atoms with E-state index in [0.29, 0.717) is 12.7 Å². The largest absolute Gasteiger partial charge is 0.381 e. The molecule has 0 atom stereocenters. The lowest BCUT2D eigenvalue weighted by atomic mass is 10.1. The van der Waals surface area contributed by atoms with E-state index in [9.17, 15) is 0 Å². The van der Waals surface area contributed by atoms with E-state index in [1.165, 1.54) is 16.0 Å². The molecule has 0 saturated carbocycles. The minimum Gasteiger partial charge on any atom is -0.381 e. The molecule has 0 unspecified atom stereocenters. The number of thiophene rings is 1. The van der Waals surface area contributed by atoms with E-state index in [1.54, 1.807) is 18.4 Å².